The van der Waals surface area contributed by atoms with E-state index in [0.29, 0.717) is 0 Å². The van der Waals surface area contributed by atoms with Crippen LogP contribution in [0.15, 0.2) is 195 Å². The van der Waals surface area contributed by atoms with Crippen LogP contribution in [0.3, 0.4) is 0 Å². The summed E-state index contributed by atoms with van der Waals surface area (Å²) in [5.74, 6) is 0. The lowest BCUT2D eigenvalue weighted by Crippen LogP contribution is -2.03. The molecule has 0 atom stereocenters. The summed E-state index contributed by atoms with van der Waals surface area (Å²) in [5.41, 5.74) is 18.6. The van der Waals surface area contributed by atoms with Crippen molar-refractivity contribution in [1.29, 1.82) is 0 Å². The SMILES string of the molecule is c1ccc(-n2c3c(c4cc(-c5cccnc5)ccc42)-c2ccccc2-c2c(c4cc(-c5cccnc5)ccc4n2-c2ccccc2)-c2ccccc2-3)cc1. The highest BCUT2D eigenvalue weighted by atomic mass is 15.0. The molecule has 0 radical (unpaired) electrons. The number of fused-ring (bicyclic) bond motifs is 12. The van der Waals surface area contributed by atoms with Gasteiger partial charge in [0.2, 0.25) is 0 Å². The highest BCUT2D eigenvalue weighted by Crippen LogP contribution is 2.55. The molecule has 1 aliphatic rings. The molecule has 0 saturated carbocycles. The van der Waals surface area contributed by atoms with Gasteiger partial charge >= 0.3 is 0 Å². The van der Waals surface area contributed by atoms with Crippen LogP contribution in [0.25, 0.3) is 100 Å². The molecule has 0 aliphatic heterocycles. The summed E-state index contributed by atoms with van der Waals surface area (Å²) in [7, 11) is 0. The Morgan fingerprint density at radius 2 is 0.741 bits per heavy atom. The summed E-state index contributed by atoms with van der Waals surface area (Å²) in [4.78, 5) is 8.95. The molecule has 4 nitrogen and oxygen atoms in total. The maximum Gasteiger partial charge on any atom is 0.0625 e. The molecule has 4 heterocycles. The summed E-state index contributed by atoms with van der Waals surface area (Å²) in [6, 6.07) is 61.6. The minimum Gasteiger partial charge on any atom is -0.309 e. The smallest absolute Gasteiger partial charge is 0.0625 e. The van der Waals surface area contributed by atoms with Gasteiger partial charge in [-0.05, 0) is 82.9 Å². The van der Waals surface area contributed by atoms with Crippen molar-refractivity contribution in [2.75, 3.05) is 0 Å². The molecule has 4 aromatic heterocycles. The average Bonchev–Trinajstić information content (AvgIpc) is 3.76. The van der Waals surface area contributed by atoms with E-state index in [2.05, 4.69) is 177 Å². The lowest BCUT2D eigenvalue weighted by atomic mass is 9.84. The van der Waals surface area contributed by atoms with Gasteiger partial charge in [0.05, 0.1) is 22.4 Å². The monoisotopic (exact) mass is 688 g/mol. The number of hydrogen-bond acceptors (Lipinski definition) is 2. The van der Waals surface area contributed by atoms with Gasteiger partial charge in [-0.25, -0.2) is 0 Å². The van der Waals surface area contributed by atoms with E-state index in [1.54, 1.807) is 0 Å². The molecule has 4 heteroatoms. The van der Waals surface area contributed by atoms with Crippen LogP contribution in [-0.2, 0) is 0 Å². The van der Waals surface area contributed by atoms with Crippen molar-refractivity contribution in [2.45, 2.75) is 0 Å². The van der Waals surface area contributed by atoms with Crippen LogP contribution in [-0.4, -0.2) is 19.1 Å². The molecule has 0 unspecified atom stereocenters. The molecule has 0 spiro atoms. The number of rotatable bonds is 4. The molecule has 0 amide bonds. The molecule has 10 aromatic rings. The van der Waals surface area contributed by atoms with E-state index in [-0.39, 0.29) is 0 Å². The first-order valence-electron chi connectivity index (χ1n) is 18.3. The second kappa shape index (κ2) is 12.1. The summed E-state index contributed by atoms with van der Waals surface area (Å²) < 4.78 is 4.94. The zero-order valence-corrected chi connectivity index (χ0v) is 29.3. The summed E-state index contributed by atoms with van der Waals surface area (Å²) in [6.07, 6.45) is 7.57. The topological polar surface area (TPSA) is 35.6 Å². The van der Waals surface area contributed by atoms with Gasteiger partial charge in [-0.15, -0.1) is 0 Å². The maximum atomic E-state index is 4.47. The fourth-order valence-electron chi connectivity index (χ4n) is 8.57. The second-order valence-electron chi connectivity index (χ2n) is 13.8. The van der Waals surface area contributed by atoms with Gasteiger partial charge in [-0.2, -0.15) is 0 Å². The zero-order chi connectivity index (χ0) is 35.6. The highest BCUT2D eigenvalue weighted by Gasteiger charge is 2.32. The van der Waals surface area contributed by atoms with Crippen molar-refractivity contribution in [2.24, 2.45) is 0 Å². The van der Waals surface area contributed by atoms with Crippen molar-refractivity contribution in [3.05, 3.63) is 195 Å². The largest absolute Gasteiger partial charge is 0.309 e. The summed E-state index contributed by atoms with van der Waals surface area (Å²) in [6.45, 7) is 0. The lowest BCUT2D eigenvalue weighted by Gasteiger charge is -2.23. The van der Waals surface area contributed by atoms with Crippen molar-refractivity contribution >= 4 is 21.8 Å². The molecule has 54 heavy (non-hydrogen) atoms. The first-order chi connectivity index (χ1) is 26.8. The van der Waals surface area contributed by atoms with Crippen molar-refractivity contribution in [3.8, 4) is 78.4 Å². The van der Waals surface area contributed by atoms with Gasteiger partial charge in [0, 0.05) is 80.3 Å². The normalized spacial score (nSPS) is 11.7. The van der Waals surface area contributed by atoms with Crippen molar-refractivity contribution in [1.82, 2.24) is 19.1 Å². The van der Waals surface area contributed by atoms with Crippen molar-refractivity contribution in [3.63, 3.8) is 0 Å². The fraction of sp³-hybridized carbons (Fsp3) is 0. The molecule has 1 aliphatic carbocycles. The van der Waals surface area contributed by atoms with Gasteiger partial charge in [0.1, 0.15) is 0 Å². The molecular weight excluding hydrogens is 657 g/mol. The number of para-hydroxylation sites is 2. The van der Waals surface area contributed by atoms with Crippen LogP contribution >= 0.6 is 0 Å². The number of pyridine rings is 2. The number of hydrogen-bond donors (Lipinski definition) is 0. The Kier molecular flexibility index (Phi) is 6.82. The number of benzene rings is 6. The van der Waals surface area contributed by atoms with Gasteiger partial charge < -0.3 is 9.13 Å². The Labute approximate surface area is 312 Å². The van der Waals surface area contributed by atoms with Crippen LogP contribution < -0.4 is 0 Å². The van der Waals surface area contributed by atoms with E-state index >= 15 is 0 Å². The molecule has 0 N–H and O–H groups in total. The van der Waals surface area contributed by atoms with E-state index in [0.717, 1.165) is 44.7 Å². The first kappa shape index (κ1) is 30.3. The minimum absolute atomic E-state index is 1.09. The molecule has 0 bridgehead atoms. The van der Waals surface area contributed by atoms with Crippen LogP contribution in [0.2, 0.25) is 0 Å². The molecule has 0 saturated heterocycles. The summed E-state index contributed by atoms with van der Waals surface area (Å²) >= 11 is 0. The zero-order valence-electron chi connectivity index (χ0n) is 29.3. The van der Waals surface area contributed by atoms with Crippen LogP contribution in [0.1, 0.15) is 0 Å². The van der Waals surface area contributed by atoms with Gasteiger partial charge in [0.15, 0.2) is 0 Å². The van der Waals surface area contributed by atoms with E-state index in [1.165, 1.54) is 55.5 Å². The predicted molar refractivity (Wildman–Crippen MR) is 222 cm³/mol. The molecule has 11 rings (SSSR count). The van der Waals surface area contributed by atoms with E-state index < -0.39 is 0 Å². The van der Waals surface area contributed by atoms with E-state index in [1.807, 2.05) is 36.9 Å². The molecule has 252 valence electrons. The quantitative estimate of drug-likeness (QED) is 0.184. The molecule has 0 fully saturated rings. The Bertz CT molecular complexity index is 2810. The Morgan fingerprint density at radius 1 is 0.333 bits per heavy atom. The Hall–Kier alpha value is -7.30. The Morgan fingerprint density at radius 3 is 1.15 bits per heavy atom. The fourth-order valence-corrected chi connectivity index (χ4v) is 8.57. The third kappa shape index (κ3) is 4.57. The third-order valence-corrected chi connectivity index (χ3v) is 10.9. The summed E-state index contributed by atoms with van der Waals surface area (Å²) in [5, 5.41) is 2.39. The van der Waals surface area contributed by atoms with Crippen LogP contribution in [0, 0.1) is 0 Å². The predicted octanol–water partition coefficient (Wildman–Crippen LogP) is 12.7. The van der Waals surface area contributed by atoms with E-state index in [9.17, 15) is 0 Å². The maximum absolute atomic E-state index is 4.47. The van der Waals surface area contributed by atoms with Crippen LogP contribution in [0.4, 0.5) is 0 Å². The standard InChI is InChI=1S/C50H32N4/c1-3-15-37(16-4-1)53-45-25-23-33(35-13-11-27-51-31-35)29-43(45)47-40-20-8-10-22-42(40)50-48(39-19-7-9-21-41(39)49(47)53)44-30-34(36-14-12-28-52-32-36)24-26-46(44)54(50)38-17-5-2-6-18-38/h1-32H. The number of aromatic nitrogens is 4. The van der Waals surface area contributed by atoms with Crippen molar-refractivity contribution < 1.29 is 0 Å². The third-order valence-electron chi connectivity index (χ3n) is 10.9. The van der Waals surface area contributed by atoms with Gasteiger partial charge in [-0.1, -0.05) is 109 Å². The van der Waals surface area contributed by atoms with Gasteiger partial charge in [-0.3, -0.25) is 9.97 Å². The minimum atomic E-state index is 1.09. The molecule has 6 aromatic carbocycles. The molecular formula is C50H32N4. The first-order valence-corrected chi connectivity index (χ1v) is 18.3. The van der Waals surface area contributed by atoms with E-state index in [4.69, 9.17) is 0 Å². The number of nitrogens with zero attached hydrogens (tertiary/aromatic N) is 4. The second-order valence-corrected chi connectivity index (χ2v) is 13.8. The average molecular weight is 689 g/mol. The van der Waals surface area contributed by atoms with Crippen LogP contribution in [0.5, 0.6) is 0 Å². The highest BCUT2D eigenvalue weighted by molar-refractivity contribution is 6.17. The van der Waals surface area contributed by atoms with Gasteiger partial charge in [0.25, 0.3) is 0 Å². The Balaban J connectivity index is 1.34. The lowest BCUT2D eigenvalue weighted by molar-refractivity contribution is 1.13.